The molecule has 0 saturated carbocycles. The van der Waals surface area contributed by atoms with Gasteiger partial charge in [0.1, 0.15) is 5.82 Å². The summed E-state index contributed by atoms with van der Waals surface area (Å²) in [5, 5.41) is 4.29. The van der Waals surface area contributed by atoms with E-state index in [2.05, 4.69) is 5.10 Å². The molecule has 0 aliphatic carbocycles. The number of aryl methyl sites for hydroxylation is 1. The number of amides is 2. The lowest BCUT2D eigenvalue weighted by Gasteiger charge is -2.43. The minimum absolute atomic E-state index is 0.0885. The van der Waals surface area contributed by atoms with Crippen LogP contribution in [0.3, 0.4) is 0 Å². The molecule has 2 aromatic carbocycles. The lowest BCUT2D eigenvalue weighted by molar-refractivity contribution is -0.138. The molecule has 2 amide bonds. The monoisotopic (exact) mass is 587 g/mol. The van der Waals surface area contributed by atoms with Crippen LogP contribution in [-0.4, -0.2) is 52.5 Å². The van der Waals surface area contributed by atoms with Crippen molar-refractivity contribution < 1.29 is 31.9 Å². The number of aromatic nitrogens is 2. The number of alkyl halides is 3. The molecule has 0 bridgehead atoms. The number of carbonyl (C=O) groups excluding carboxylic acids is 2. The smallest absolute Gasteiger partial charge is 0.434 e. The van der Waals surface area contributed by atoms with E-state index in [1.165, 1.54) is 35.4 Å². The summed E-state index contributed by atoms with van der Waals surface area (Å²) in [5.41, 5.74) is 0.940. The number of urea groups is 1. The van der Waals surface area contributed by atoms with E-state index in [4.69, 9.17) is 4.74 Å². The van der Waals surface area contributed by atoms with Gasteiger partial charge in [-0.25, -0.2) is 14.0 Å². The van der Waals surface area contributed by atoms with Crippen LogP contribution in [0.25, 0.3) is 0 Å². The maximum atomic E-state index is 14.6. The Hall–Kier alpha value is -4.09. The number of nitrogens with zero attached hydrogens (tertiary/aromatic N) is 5. The van der Waals surface area contributed by atoms with Crippen molar-refractivity contribution in [3.05, 3.63) is 76.7 Å². The Morgan fingerprint density at radius 2 is 1.81 bits per heavy atom. The van der Waals surface area contributed by atoms with Crippen LogP contribution in [0.15, 0.2) is 48.7 Å². The molecular weight excluding hydrogens is 554 g/mol. The van der Waals surface area contributed by atoms with E-state index in [0.29, 0.717) is 37.2 Å². The highest BCUT2D eigenvalue weighted by Gasteiger charge is 2.40. The highest BCUT2D eigenvalue weighted by atomic mass is 19.4. The van der Waals surface area contributed by atoms with Crippen LogP contribution in [0.4, 0.5) is 38.7 Å². The summed E-state index contributed by atoms with van der Waals surface area (Å²) in [6.45, 7) is 6.53. The summed E-state index contributed by atoms with van der Waals surface area (Å²) in [5.74, 6) is -0.0989. The molecule has 0 N–H and O–H groups in total. The molecule has 5 rings (SSSR count). The number of fused-ring (bicyclic) bond motifs is 1. The summed E-state index contributed by atoms with van der Waals surface area (Å²) in [4.78, 5) is 31.4. The summed E-state index contributed by atoms with van der Waals surface area (Å²) >= 11 is 0. The first-order valence-corrected chi connectivity index (χ1v) is 13.9. The van der Waals surface area contributed by atoms with Gasteiger partial charge in [0.05, 0.1) is 30.9 Å². The fraction of sp³-hybridized carbons (Fsp3) is 0.433. The zero-order chi connectivity index (χ0) is 30.2. The largest absolute Gasteiger partial charge is 0.448 e. The average molecular weight is 588 g/mol. The minimum Gasteiger partial charge on any atom is -0.448 e. The van der Waals surface area contributed by atoms with Crippen molar-refractivity contribution in [3.63, 3.8) is 0 Å². The van der Waals surface area contributed by atoms with Gasteiger partial charge in [-0.3, -0.25) is 4.90 Å². The number of hydrogen-bond donors (Lipinski definition) is 0. The van der Waals surface area contributed by atoms with Crippen molar-refractivity contribution in [3.8, 4) is 0 Å². The van der Waals surface area contributed by atoms with Crippen molar-refractivity contribution in [2.24, 2.45) is 5.92 Å². The van der Waals surface area contributed by atoms with Crippen LogP contribution in [0.2, 0.25) is 0 Å². The van der Waals surface area contributed by atoms with Gasteiger partial charge in [-0.2, -0.15) is 17.9 Å². The Balaban J connectivity index is 1.43. The average Bonchev–Trinajstić information content (AvgIpc) is 3.37. The molecule has 1 aromatic heterocycles. The summed E-state index contributed by atoms with van der Waals surface area (Å²) in [7, 11) is 0. The summed E-state index contributed by atoms with van der Waals surface area (Å²) < 4.78 is 62.4. The van der Waals surface area contributed by atoms with E-state index >= 15 is 0 Å². The second-order valence-corrected chi connectivity index (χ2v) is 11.2. The molecule has 0 atom stereocenters. The molecule has 0 unspecified atom stereocenters. The molecule has 42 heavy (non-hydrogen) atoms. The predicted octanol–water partition coefficient (Wildman–Crippen LogP) is 6.60. The third-order valence-corrected chi connectivity index (χ3v) is 7.63. The van der Waals surface area contributed by atoms with E-state index in [1.54, 1.807) is 11.0 Å². The van der Waals surface area contributed by atoms with Crippen LogP contribution >= 0.6 is 0 Å². The quantitative estimate of drug-likeness (QED) is 0.304. The Morgan fingerprint density at radius 3 is 2.48 bits per heavy atom. The summed E-state index contributed by atoms with van der Waals surface area (Å²) in [6.07, 6.45) is -2.81. The molecule has 8 nitrogen and oxygen atoms in total. The maximum absolute atomic E-state index is 14.6. The maximum Gasteiger partial charge on any atom is 0.434 e. The fourth-order valence-corrected chi connectivity index (χ4v) is 5.59. The van der Waals surface area contributed by atoms with Gasteiger partial charge in [0.2, 0.25) is 0 Å². The zero-order valence-electron chi connectivity index (χ0n) is 23.7. The van der Waals surface area contributed by atoms with Gasteiger partial charge in [-0.15, -0.1) is 5.10 Å². The van der Waals surface area contributed by atoms with Crippen molar-refractivity contribution in [1.29, 1.82) is 0 Å². The van der Waals surface area contributed by atoms with Crippen molar-refractivity contribution in [1.82, 2.24) is 14.7 Å². The molecule has 224 valence electrons. The molecule has 3 heterocycles. The number of ether oxygens (including phenoxy) is 1. The van der Waals surface area contributed by atoms with Crippen molar-refractivity contribution in [2.75, 3.05) is 29.5 Å². The Labute approximate surface area is 241 Å². The van der Waals surface area contributed by atoms with E-state index in [0.717, 1.165) is 16.3 Å². The molecule has 12 heteroatoms. The third-order valence-electron chi connectivity index (χ3n) is 7.63. The lowest BCUT2D eigenvalue weighted by Crippen LogP contribution is -2.54. The number of hydrogen-bond acceptors (Lipinski definition) is 5. The van der Waals surface area contributed by atoms with Crippen LogP contribution in [0.1, 0.15) is 48.9 Å². The van der Waals surface area contributed by atoms with E-state index < -0.39 is 23.9 Å². The molecule has 0 radical (unpaired) electrons. The Kier molecular flexibility index (Phi) is 8.16. The number of para-hydroxylation sites is 1. The normalized spacial score (nSPS) is 16.3. The van der Waals surface area contributed by atoms with Gasteiger partial charge in [-0.05, 0) is 48.9 Å². The molecule has 1 fully saturated rings. The zero-order valence-corrected chi connectivity index (χ0v) is 23.7. The molecule has 0 spiro atoms. The number of benzene rings is 2. The van der Waals surface area contributed by atoms with E-state index in [1.807, 2.05) is 31.7 Å². The van der Waals surface area contributed by atoms with Gasteiger partial charge in [0.25, 0.3) is 0 Å². The lowest BCUT2D eigenvalue weighted by atomic mass is 10.00. The fourth-order valence-electron chi connectivity index (χ4n) is 5.59. The number of anilines is 2. The highest BCUT2D eigenvalue weighted by Crippen LogP contribution is 2.37. The number of piperidine rings is 1. The van der Waals surface area contributed by atoms with Crippen LogP contribution in [0, 0.1) is 18.7 Å². The minimum atomic E-state index is -4.62. The molecule has 2 aliphatic heterocycles. The van der Waals surface area contributed by atoms with Crippen molar-refractivity contribution in [2.45, 2.75) is 58.9 Å². The second kappa shape index (κ2) is 11.7. The van der Waals surface area contributed by atoms with Gasteiger partial charge in [-0.1, -0.05) is 44.2 Å². The molecular formula is C30H33F4N5O3. The Bertz CT molecular complexity index is 1440. The number of carbonyl (C=O) groups is 2. The van der Waals surface area contributed by atoms with Gasteiger partial charge < -0.3 is 14.5 Å². The molecule has 1 saturated heterocycles. The molecule has 3 aromatic rings. The van der Waals surface area contributed by atoms with Crippen LogP contribution in [-0.2, 0) is 24.0 Å². The standard InChI is InChI=1S/C30H33F4N5O3/c1-19(2)18-42-29(41)39-17-22-16-37(23-11-13-36(14-12-23)26-20(3)7-6-10-25(26)31)28(40)38(27(22)35-39)15-21-8-4-5-9-24(21)30(32,33)34/h4-10,17,19,23H,11-16,18H2,1-3H3. The number of halogens is 4. The SMILES string of the molecule is Cc1cccc(F)c1N1CCC(N2Cc3cn(C(=O)OCC(C)C)nc3N(Cc3ccccc3C(F)(F)F)C2=O)CC1. The topological polar surface area (TPSA) is 70.9 Å². The van der Waals surface area contributed by atoms with Gasteiger partial charge >= 0.3 is 18.3 Å². The third kappa shape index (κ3) is 5.93. The van der Waals surface area contributed by atoms with Gasteiger partial charge in [0.15, 0.2) is 5.82 Å². The Morgan fingerprint density at radius 1 is 1.10 bits per heavy atom. The van der Waals surface area contributed by atoms with Crippen LogP contribution in [0.5, 0.6) is 0 Å². The summed E-state index contributed by atoms with van der Waals surface area (Å²) in [6, 6.07) is 9.28. The second-order valence-electron chi connectivity index (χ2n) is 11.2. The predicted molar refractivity (Wildman–Crippen MR) is 149 cm³/mol. The number of rotatable bonds is 6. The van der Waals surface area contributed by atoms with Crippen molar-refractivity contribution >= 4 is 23.6 Å². The van der Waals surface area contributed by atoms with Crippen LogP contribution < -0.4 is 9.80 Å². The molecule has 2 aliphatic rings. The van der Waals surface area contributed by atoms with E-state index in [-0.39, 0.29) is 48.9 Å². The first-order valence-electron chi connectivity index (χ1n) is 13.9. The highest BCUT2D eigenvalue weighted by molar-refractivity contribution is 5.94. The first kappa shape index (κ1) is 29.4. The van der Waals surface area contributed by atoms with Gasteiger partial charge in [0, 0.05) is 30.9 Å². The first-order chi connectivity index (χ1) is 19.9. The van der Waals surface area contributed by atoms with E-state index in [9.17, 15) is 27.2 Å².